The quantitative estimate of drug-likeness (QED) is 0.736. The number of hydrogen-bond acceptors (Lipinski definition) is 4. The van der Waals surface area contributed by atoms with Crippen LogP contribution in [0.4, 0.5) is 0 Å². The van der Waals surface area contributed by atoms with Gasteiger partial charge in [-0.1, -0.05) is 11.6 Å². The standard InChI is InChI=1S/C13H18ClNO4/c1-8(16)15-4-3-12(17)13(18)9-5-10(14)7-11(6-9)19-2/h5-7,12-13,17-18H,3-4H2,1-2H3,(H,15,16). The summed E-state index contributed by atoms with van der Waals surface area (Å²) in [6.07, 6.45) is -1.83. The van der Waals surface area contributed by atoms with Crippen LogP contribution in [0.1, 0.15) is 25.0 Å². The van der Waals surface area contributed by atoms with Gasteiger partial charge in [0.2, 0.25) is 5.91 Å². The van der Waals surface area contributed by atoms with E-state index < -0.39 is 12.2 Å². The van der Waals surface area contributed by atoms with Crippen molar-refractivity contribution in [3.8, 4) is 5.75 Å². The van der Waals surface area contributed by atoms with Crippen molar-refractivity contribution in [3.05, 3.63) is 28.8 Å². The van der Waals surface area contributed by atoms with Crippen molar-refractivity contribution in [2.45, 2.75) is 25.6 Å². The summed E-state index contributed by atoms with van der Waals surface area (Å²) in [4.78, 5) is 10.7. The number of rotatable bonds is 6. The van der Waals surface area contributed by atoms with E-state index in [1.165, 1.54) is 14.0 Å². The number of ether oxygens (including phenoxy) is 1. The Kier molecular flexibility index (Phi) is 6.08. The topological polar surface area (TPSA) is 78.8 Å². The highest BCUT2D eigenvalue weighted by Gasteiger charge is 2.19. The smallest absolute Gasteiger partial charge is 0.216 e. The molecule has 0 heterocycles. The molecule has 0 aliphatic carbocycles. The van der Waals surface area contributed by atoms with E-state index in [9.17, 15) is 15.0 Å². The van der Waals surface area contributed by atoms with E-state index in [2.05, 4.69) is 5.32 Å². The van der Waals surface area contributed by atoms with Crippen LogP contribution >= 0.6 is 11.6 Å². The first-order valence-electron chi connectivity index (χ1n) is 5.89. The Morgan fingerprint density at radius 2 is 2.11 bits per heavy atom. The lowest BCUT2D eigenvalue weighted by Gasteiger charge is -2.19. The van der Waals surface area contributed by atoms with Gasteiger partial charge in [-0.3, -0.25) is 4.79 Å². The Balaban J connectivity index is 2.67. The Bertz CT molecular complexity index is 439. The lowest BCUT2D eigenvalue weighted by molar-refractivity contribution is -0.119. The zero-order chi connectivity index (χ0) is 14.4. The Morgan fingerprint density at radius 3 is 2.68 bits per heavy atom. The summed E-state index contributed by atoms with van der Waals surface area (Å²) in [5.74, 6) is 0.335. The van der Waals surface area contributed by atoms with Crippen LogP contribution in [0.5, 0.6) is 5.75 Å². The van der Waals surface area contributed by atoms with Crippen LogP contribution in [0.2, 0.25) is 5.02 Å². The normalized spacial score (nSPS) is 13.7. The highest BCUT2D eigenvalue weighted by Crippen LogP contribution is 2.27. The summed E-state index contributed by atoms with van der Waals surface area (Å²) in [5.41, 5.74) is 0.472. The van der Waals surface area contributed by atoms with Crippen LogP contribution in [0, 0.1) is 0 Å². The fourth-order valence-electron chi connectivity index (χ4n) is 1.65. The van der Waals surface area contributed by atoms with Gasteiger partial charge in [-0.25, -0.2) is 0 Å². The second kappa shape index (κ2) is 7.33. The zero-order valence-electron chi connectivity index (χ0n) is 10.9. The van der Waals surface area contributed by atoms with Gasteiger partial charge >= 0.3 is 0 Å². The Morgan fingerprint density at radius 1 is 1.42 bits per heavy atom. The van der Waals surface area contributed by atoms with E-state index in [1.807, 2.05) is 0 Å². The van der Waals surface area contributed by atoms with Gasteiger partial charge in [0.1, 0.15) is 11.9 Å². The molecule has 106 valence electrons. The van der Waals surface area contributed by atoms with Crippen molar-refractivity contribution in [1.29, 1.82) is 0 Å². The molecule has 19 heavy (non-hydrogen) atoms. The van der Waals surface area contributed by atoms with Gasteiger partial charge in [0.25, 0.3) is 0 Å². The molecule has 1 rings (SSSR count). The molecule has 1 aromatic carbocycles. The van der Waals surface area contributed by atoms with Gasteiger partial charge in [0, 0.05) is 18.5 Å². The van der Waals surface area contributed by atoms with Crippen molar-refractivity contribution < 1.29 is 19.7 Å². The first-order valence-corrected chi connectivity index (χ1v) is 6.27. The van der Waals surface area contributed by atoms with Gasteiger partial charge < -0.3 is 20.3 Å². The van der Waals surface area contributed by atoms with E-state index in [1.54, 1.807) is 18.2 Å². The number of carbonyl (C=O) groups excluding carboxylic acids is 1. The van der Waals surface area contributed by atoms with Gasteiger partial charge in [-0.05, 0) is 30.2 Å². The third-order valence-corrected chi connectivity index (χ3v) is 2.87. The minimum atomic E-state index is -1.08. The number of aliphatic hydroxyl groups is 2. The van der Waals surface area contributed by atoms with Crippen molar-refractivity contribution in [2.75, 3.05) is 13.7 Å². The molecule has 1 aromatic rings. The lowest BCUT2D eigenvalue weighted by atomic mass is 10.0. The van der Waals surface area contributed by atoms with Crippen LogP contribution in [0.3, 0.4) is 0 Å². The molecule has 3 N–H and O–H groups in total. The fraction of sp³-hybridized carbons (Fsp3) is 0.462. The average Bonchev–Trinajstić information content (AvgIpc) is 2.36. The van der Waals surface area contributed by atoms with Crippen LogP contribution < -0.4 is 10.1 Å². The minimum Gasteiger partial charge on any atom is -0.497 e. The number of carbonyl (C=O) groups is 1. The van der Waals surface area contributed by atoms with Crippen LogP contribution in [-0.4, -0.2) is 35.9 Å². The van der Waals surface area contributed by atoms with Gasteiger partial charge in [0.15, 0.2) is 0 Å². The van der Waals surface area contributed by atoms with E-state index in [4.69, 9.17) is 16.3 Å². The molecule has 0 aliphatic rings. The van der Waals surface area contributed by atoms with Crippen LogP contribution in [0.25, 0.3) is 0 Å². The Hall–Kier alpha value is -1.30. The monoisotopic (exact) mass is 287 g/mol. The maximum Gasteiger partial charge on any atom is 0.216 e. The maximum atomic E-state index is 10.7. The van der Waals surface area contributed by atoms with Crippen molar-refractivity contribution >= 4 is 17.5 Å². The molecule has 0 bridgehead atoms. The van der Waals surface area contributed by atoms with E-state index in [-0.39, 0.29) is 12.3 Å². The molecule has 2 unspecified atom stereocenters. The molecule has 2 atom stereocenters. The molecule has 0 fully saturated rings. The highest BCUT2D eigenvalue weighted by atomic mass is 35.5. The molecular weight excluding hydrogens is 270 g/mol. The molecule has 0 aromatic heterocycles. The molecule has 0 saturated carbocycles. The summed E-state index contributed by atoms with van der Waals surface area (Å²) in [7, 11) is 1.50. The first kappa shape index (κ1) is 15.8. The number of aliphatic hydroxyl groups excluding tert-OH is 2. The van der Waals surface area contributed by atoms with Gasteiger partial charge in [-0.2, -0.15) is 0 Å². The largest absolute Gasteiger partial charge is 0.497 e. The second-order valence-electron chi connectivity index (χ2n) is 4.21. The molecule has 5 nitrogen and oxygen atoms in total. The number of nitrogens with one attached hydrogen (secondary N) is 1. The fourth-order valence-corrected chi connectivity index (χ4v) is 1.88. The highest BCUT2D eigenvalue weighted by molar-refractivity contribution is 6.30. The second-order valence-corrected chi connectivity index (χ2v) is 4.64. The predicted molar refractivity (Wildman–Crippen MR) is 72.3 cm³/mol. The molecule has 0 spiro atoms. The van der Waals surface area contributed by atoms with E-state index in [0.29, 0.717) is 22.9 Å². The molecule has 1 amide bonds. The first-order chi connectivity index (χ1) is 8.93. The number of amides is 1. The summed E-state index contributed by atoms with van der Waals surface area (Å²) >= 11 is 5.89. The summed E-state index contributed by atoms with van der Waals surface area (Å²) in [5, 5.41) is 22.8. The Labute approximate surface area is 117 Å². The zero-order valence-corrected chi connectivity index (χ0v) is 11.6. The van der Waals surface area contributed by atoms with E-state index in [0.717, 1.165) is 0 Å². The number of benzene rings is 1. The number of halogens is 1. The molecular formula is C13H18ClNO4. The van der Waals surface area contributed by atoms with Gasteiger partial charge in [-0.15, -0.1) is 0 Å². The SMILES string of the molecule is COc1cc(Cl)cc(C(O)C(O)CCNC(C)=O)c1. The summed E-state index contributed by atoms with van der Waals surface area (Å²) < 4.78 is 5.04. The molecule has 6 heteroatoms. The third-order valence-electron chi connectivity index (χ3n) is 2.65. The van der Waals surface area contributed by atoms with Gasteiger partial charge in [0.05, 0.1) is 13.2 Å². The lowest BCUT2D eigenvalue weighted by Crippen LogP contribution is -2.27. The summed E-state index contributed by atoms with van der Waals surface area (Å²) in [6, 6.07) is 4.79. The molecule has 0 radical (unpaired) electrons. The molecule has 0 saturated heterocycles. The summed E-state index contributed by atoms with van der Waals surface area (Å²) in [6.45, 7) is 1.69. The number of methoxy groups -OCH3 is 1. The third kappa shape index (κ3) is 5.06. The van der Waals surface area contributed by atoms with Crippen LogP contribution in [-0.2, 0) is 4.79 Å². The van der Waals surface area contributed by atoms with Crippen molar-refractivity contribution in [3.63, 3.8) is 0 Å². The maximum absolute atomic E-state index is 10.7. The predicted octanol–water partition coefficient (Wildman–Crippen LogP) is 1.27. The van der Waals surface area contributed by atoms with E-state index >= 15 is 0 Å². The van der Waals surface area contributed by atoms with Crippen LogP contribution in [0.15, 0.2) is 18.2 Å². The van der Waals surface area contributed by atoms with Crippen molar-refractivity contribution in [2.24, 2.45) is 0 Å². The minimum absolute atomic E-state index is 0.175. The van der Waals surface area contributed by atoms with Crippen molar-refractivity contribution in [1.82, 2.24) is 5.32 Å². The molecule has 0 aliphatic heterocycles. The number of hydrogen-bond donors (Lipinski definition) is 3. The average molecular weight is 288 g/mol.